The summed E-state index contributed by atoms with van der Waals surface area (Å²) in [4.78, 5) is 11.3. The summed E-state index contributed by atoms with van der Waals surface area (Å²) in [7, 11) is 0. The molecule has 0 saturated carbocycles. The molecule has 0 aliphatic rings. The molecular weight excluding hydrogens is 221 g/mol. The van der Waals surface area contributed by atoms with Crippen molar-refractivity contribution in [2.24, 2.45) is 0 Å². The van der Waals surface area contributed by atoms with E-state index in [1.54, 1.807) is 25.1 Å². The van der Waals surface area contributed by atoms with E-state index >= 15 is 0 Å². The molecule has 0 aliphatic heterocycles. The maximum absolute atomic E-state index is 13.2. The Morgan fingerprint density at radius 2 is 2.18 bits per heavy atom. The fourth-order valence-electron chi connectivity index (χ4n) is 1.47. The van der Waals surface area contributed by atoms with Crippen LogP contribution in [0.1, 0.15) is 25.3 Å². The number of carbonyl (C=O) groups excluding carboxylic acids is 1. The maximum atomic E-state index is 13.2. The van der Waals surface area contributed by atoms with Crippen LogP contribution in [0.25, 0.3) is 0 Å². The van der Waals surface area contributed by atoms with E-state index in [2.05, 4.69) is 5.32 Å². The molecule has 1 unspecified atom stereocenters. The molecule has 94 valence electrons. The number of hydrogen-bond acceptors (Lipinski definition) is 2. The van der Waals surface area contributed by atoms with E-state index in [0.717, 1.165) is 0 Å². The molecule has 3 nitrogen and oxygen atoms in total. The van der Waals surface area contributed by atoms with Crippen LogP contribution < -0.4 is 5.32 Å². The molecule has 0 bridgehead atoms. The average molecular weight is 239 g/mol. The zero-order chi connectivity index (χ0) is 12.7. The molecule has 1 amide bonds. The van der Waals surface area contributed by atoms with Gasteiger partial charge in [-0.05, 0) is 31.4 Å². The quantitative estimate of drug-likeness (QED) is 0.793. The fraction of sp³-hybridized carbons (Fsp3) is 0.462. The first-order valence-corrected chi connectivity index (χ1v) is 5.77. The van der Waals surface area contributed by atoms with E-state index < -0.39 is 6.10 Å². The Bertz CT molecular complexity index is 366. The number of aliphatic hydroxyl groups excluding tert-OH is 1. The summed E-state index contributed by atoms with van der Waals surface area (Å²) in [5.41, 5.74) is 0.600. The van der Waals surface area contributed by atoms with Crippen LogP contribution in [-0.2, 0) is 11.2 Å². The van der Waals surface area contributed by atoms with Gasteiger partial charge < -0.3 is 10.4 Å². The third kappa shape index (κ3) is 5.45. The van der Waals surface area contributed by atoms with Crippen molar-refractivity contribution in [3.05, 3.63) is 35.6 Å². The summed E-state index contributed by atoms with van der Waals surface area (Å²) in [6.45, 7) is 2.06. The van der Waals surface area contributed by atoms with E-state index in [0.29, 0.717) is 31.4 Å². The first kappa shape index (κ1) is 13.6. The van der Waals surface area contributed by atoms with Gasteiger partial charge in [0.05, 0.1) is 6.10 Å². The predicted molar refractivity (Wildman–Crippen MR) is 64.0 cm³/mol. The Balaban J connectivity index is 2.24. The summed E-state index contributed by atoms with van der Waals surface area (Å²) in [6.07, 6.45) is 0.764. The smallest absolute Gasteiger partial charge is 0.220 e. The first-order valence-electron chi connectivity index (χ1n) is 5.77. The van der Waals surface area contributed by atoms with Crippen molar-refractivity contribution >= 4 is 5.91 Å². The second-order valence-corrected chi connectivity index (χ2v) is 4.08. The molecule has 1 atom stereocenters. The maximum Gasteiger partial charge on any atom is 0.220 e. The predicted octanol–water partition coefficient (Wildman–Crippen LogP) is 1.65. The molecule has 0 spiro atoms. The minimum atomic E-state index is -0.465. The second-order valence-electron chi connectivity index (χ2n) is 4.08. The van der Waals surface area contributed by atoms with Crippen molar-refractivity contribution in [1.82, 2.24) is 5.32 Å². The minimum absolute atomic E-state index is 0.109. The molecule has 0 fully saturated rings. The number of hydrogen-bond donors (Lipinski definition) is 2. The van der Waals surface area contributed by atoms with Crippen molar-refractivity contribution in [3.8, 4) is 0 Å². The van der Waals surface area contributed by atoms with E-state index in [1.165, 1.54) is 6.07 Å². The summed E-state index contributed by atoms with van der Waals surface area (Å²) < 4.78 is 13.2. The summed E-state index contributed by atoms with van der Waals surface area (Å²) >= 11 is 0. The number of rotatable bonds is 6. The molecule has 1 rings (SSSR count). The topological polar surface area (TPSA) is 49.3 Å². The lowest BCUT2D eigenvalue weighted by Crippen LogP contribution is -2.26. The molecule has 0 heterocycles. The SMILES string of the molecule is CC(O)CCC(=O)NCCc1ccccc1F. The highest BCUT2D eigenvalue weighted by atomic mass is 19.1. The van der Waals surface area contributed by atoms with Crippen molar-refractivity contribution in [2.75, 3.05) is 6.54 Å². The molecule has 0 aliphatic carbocycles. The second kappa shape index (κ2) is 7.01. The summed E-state index contributed by atoms with van der Waals surface area (Å²) in [5, 5.41) is 11.7. The highest BCUT2D eigenvalue weighted by Gasteiger charge is 2.04. The normalized spacial score (nSPS) is 12.2. The van der Waals surface area contributed by atoms with Gasteiger partial charge in [-0.25, -0.2) is 4.39 Å². The van der Waals surface area contributed by atoms with E-state index in [9.17, 15) is 9.18 Å². The number of carbonyl (C=O) groups is 1. The van der Waals surface area contributed by atoms with Gasteiger partial charge in [0.25, 0.3) is 0 Å². The van der Waals surface area contributed by atoms with Gasteiger partial charge in [-0.15, -0.1) is 0 Å². The highest BCUT2D eigenvalue weighted by Crippen LogP contribution is 2.06. The molecule has 2 N–H and O–H groups in total. The third-order valence-corrected chi connectivity index (χ3v) is 2.46. The molecule has 1 aromatic rings. The summed E-state index contributed by atoms with van der Waals surface area (Å²) in [5.74, 6) is -0.354. The van der Waals surface area contributed by atoms with E-state index in [-0.39, 0.29) is 11.7 Å². The standard InChI is InChI=1S/C13H18FNO2/c1-10(16)6-7-13(17)15-9-8-11-4-2-3-5-12(11)14/h2-5,10,16H,6-9H2,1H3,(H,15,17). The zero-order valence-corrected chi connectivity index (χ0v) is 9.95. The Kier molecular flexibility index (Phi) is 5.63. The Morgan fingerprint density at radius 1 is 1.47 bits per heavy atom. The fourth-order valence-corrected chi connectivity index (χ4v) is 1.47. The zero-order valence-electron chi connectivity index (χ0n) is 9.95. The largest absolute Gasteiger partial charge is 0.393 e. The van der Waals surface area contributed by atoms with Crippen molar-refractivity contribution < 1.29 is 14.3 Å². The van der Waals surface area contributed by atoms with Gasteiger partial charge in [0.1, 0.15) is 5.82 Å². The van der Waals surface area contributed by atoms with Gasteiger partial charge >= 0.3 is 0 Å². The Labute approximate surface area is 101 Å². The Hall–Kier alpha value is -1.42. The van der Waals surface area contributed by atoms with Gasteiger partial charge in [0.15, 0.2) is 0 Å². The monoisotopic (exact) mass is 239 g/mol. The van der Waals surface area contributed by atoms with Crippen molar-refractivity contribution in [3.63, 3.8) is 0 Å². The van der Waals surface area contributed by atoms with Crippen LogP contribution in [0.3, 0.4) is 0 Å². The van der Waals surface area contributed by atoms with Crippen LogP contribution in [0.15, 0.2) is 24.3 Å². The van der Waals surface area contributed by atoms with Gasteiger partial charge in [-0.3, -0.25) is 4.79 Å². The van der Waals surface area contributed by atoms with E-state index in [1.807, 2.05) is 0 Å². The molecular formula is C13H18FNO2. The molecule has 1 aromatic carbocycles. The lowest BCUT2D eigenvalue weighted by molar-refractivity contribution is -0.121. The molecule has 0 radical (unpaired) electrons. The van der Waals surface area contributed by atoms with Crippen LogP contribution in [-0.4, -0.2) is 23.7 Å². The molecule has 0 saturated heterocycles. The van der Waals surface area contributed by atoms with Crippen molar-refractivity contribution in [2.45, 2.75) is 32.3 Å². The van der Waals surface area contributed by atoms with Gasteiger partial charge in [0, 0.05) is 13.0 Å². The van der Waals surface area contributed by atoms with Crippen LogP contribution in [0.5, 0.6) is 0 Å². The number of aliphatic hydroxyl groups is 1. The number of amides is 1. The third-order valence-electron chi connectivity index (χ3n) is 2.46. The Morgan fingerprint density at radius 3 is 2.82 bits per heavy atom. The molecule has 0 aromatic heterocycles. The van der Waals surface area contributed by atoms with Crippen LogP contribution in [0, 0.1) is 5.82 Å². The summed E-state index contributed by atoms with van der Waals surface area (Å²) in [6, 6.07) is 6.52. The number of halogens is 1. The van der Waals surface area contributed by atoms with Gasteiger partial charge in [0.2, 0.25) is 5.91 Å². The van der Waals surface area contributed by atoms with Gasteiger partial charge in [-0.1, -0.05) is 18.2 Å². The molecule has 17 heavy (non-hydrogen) atoms. The van der Waals surface area contributed by atoms with Gasteiger partial charge in [-0.2, -0.15) is 0 Å². The number of benzene rings is 1. The van der Waals surface area contributed by atoms with E-state index in [4.69, 9.17) is 5.11 Å². The average Bonchev–Trinajstić information content (AvgIpc) is 2.29. The lowest BCUT2D eigenvalue weighted by Gasteiger charge is -2.07. The van der Waals surface area contributed by atoms with Crippen molar-refractivity contribution in [1.29, 1.82) is 0 Å². The minimum Gasteiger partial charge on any atom is -0.393 e. The van der Waals surface area contributed by atoms with Crippen LogP contribution >= 0.6 is 0 Å². The van der Waals surface area contributed by atoms with Crippen LogP contribution in [0.2, 0.25) is 0 Å². The lowest BCUT2D eigenvalue weighted by atomic mass is 10.1. The number of nitrogens with one attached hydrogen (secondary N) is 1. The van der Waals surface area contributed by atoms with Crippen LogP contribution in [0.4, 0.5) is 4.39 Å². The first-order chi connectivity index (χ1) is 8.09. The highest BCUT2D eigenvalue weighted by molar-refractivity contribution is 5.75. The molecule has 4 heteroatoms.